The van der Waals surface area contributed by atoms with Crippen LogP contribution in [0.25, 0.3) is 10.8 Å². The Morgan fingerprint density at radius 2 is 1.60 bits per heavy atom. The summed E-state index contributed by atoms with van der Waals surface area (Å²) in [5, 5.41) is 4.54. The monoisotopic (exact) mass is 415 g/mol. The fourth-order valence-electron chi connectivity index (χ4n) is 3.10. The van der Waals surface area contributed by atoms with E-state index in [1.54, 1.807) is 14.0 Å². The molecule has 2 aromatic rings. The van der Waals surface area contributed by atoms with Crippen LogP contribution in [0.4, 0.5) is 0 Å². The molecule has 7 heteroatoms. The first-order valence-corrected chi connectivity index (χ1v) is 9.86. The predicted octanol–water partition coefficient (Wildman–Crippen LogP) is 3.20. The number of carbonyl (C=O) groups is 3. The Labute approximate surface area is 176 Å². The third-order valence-electron chi connectivity index (χ3n) is 4.80. The van der Waals surface area contributed by atoms with Gasteiger partial charge in [0.1, 0.15) is 11.8 Å². The maximum atomic E-state index is 12.4. The van der Waals surface area contributed by atoms with E-state index in [1.807, 2.05) is 50.2 Å². The minimum Gasteiger partial charge on any atom is -0.497 e. The fraction of sp³-hybridized carbons (Fsp3) is 0.435. The summed E-state index contributed by atoms with van der Waals surface area (Å²) < 4.78 is 15.1. The molecular formula is C23H29NO6. The van der Waals surface area contributed by atoms with Crippen molar-refractivity contribution in [2.24, 2.45) is 5.92 Å². The zero-order chi connectivity index (χ0) is 22.3. The maximum absolute atomic E-state index is 12.4. The SMILES string of the molecule is COC(=O)[C@@H](CC(C)C)NC(=O)COC(=O)[C@@H](C)c1ccc2cc(OC)ccc2c1. The van der Waals surface area contributed by atoms with Gasteiger partial charge in [0.15, 0.2) is 6.61 Å². The lowest BCUT2D eigenvalue weighted by Crippen LogP contribution is -2.44. The number of rotatable bonds is 9. The average Bonchev–Trinajstić information content (AvgIpc) is 2.74. The highest BCUT2D eigenvalue weighted by Gasteiger charge is 2.24. The molecule has 0 aliphatic carbocycles. The van der Waals surface area contributed by atoms with Crippen molar-refractivity contribution in [1.29, 1.82) is 0 Å². The van der Waals surface area contributed by atoms with Crippen molar-refractivity contribution < 1.29 is 28.6 Å². The standard InChI is InChI=1S/C23H29NO6/c1-14(2)10-20(23(27)29-5)24-21(25)13-30-22(26)15(3)16-6-7-18-12-19(28-4)9-8-17(18)11-16/h6-9,11-12,14-15,20H,10,13H2,1-5H3,(H,24,25)/t15-,20+/m0/s1. The maximum Gasteiger partial charge on any atom is 0.328 e. The number of amides is 1. The minimum absolute atomic E-state index is 0.185. The molecule has 0 saturated carbocycles. The second-order valence-electron chi connectivity index (χ2n) is 7.57. The van der Waals surface area contributed by atoms with Gasteiger partial charge in [-0.25, -0.2) is 4.79 Å². The van der Waals surface area contributed by atoms with Gasteiger partial charge in [0.2, 0.25) is 0 Å². The normalized spacial score (nSPS) is 12.9. The Morgan fingerprint density at radius 3 is 2.23 bits per heavy atom. The Balaban J connectivity index is 1.97. The lowest BCUT2D eigenvalue weighted by atomic mass is 9.98. The van der Waals surface area contributed by atoms with Crippen LogP contribution in [0.1, 0.15) is 38.7 Å². The molecule has 0 aliphatic heterocycles. The van der Waals surface area contributed by atoms with E-state index in [0.717, 1.165) is 22.1 Å². The molecule has 0 spiro atoms. The van der Waals surface area contributed by atoms with Gasteiger partial charge in [-0.05, 0) is 47.7 Å². The van der Waals surface area contributed by atoms with Gasteiger partial charge in [-0.1, -0.05) is 38.1 Å². The van der Waals surface area contributed by atoms with Crippen LogP contribution in [-0.2, 0) is 23.9 Å². The van der Waals surface area contributed by atoms with E-state index < -0.39 is 36.4 Å². The number of nitrogens with one attached hydrogen (secondary N) is 1. The number of ether oxygens (including phenoxy) is 3. The number of carbonyl (C=O) groups excluding carboxylic acids is 3. The molecule has 2 aromatic carbocycles. The van der Waals surface area contributed by atoms with Crippen LogP contribution >= 0.6 is 0 Å². The predicted molar refractivity (Wildman–Crippen MR) is 113 cm³/mol. The van der Waals surface area contributed by atoms with Crippen LogP contribution in [-0.4, -0.2) is 44.7 Å². The molecule has 0 bridgehead atoms. The minimum atomic E-state index is -0.767. The highest BCUT2D eigenvalue weighted by Crippen LogP contribution is 2.25. The molecule has 7 nitrogen and oxygen atoms in total. The third-order valence-corrected chi connectivity index (χ3v) is 4.80. The van der Waals surface area contributed by atoms with Crippen LogP contribution in [0, 0.1) is 5.92 Å². The van der Waals surface area contributed by atoms with E-state index in [1.165, 1.54) is 7.11 Å². The van der Waals surface area contributed by atoms with E-state index in [2.05, 4.69) is 5.32 Å². The molecule has 0 unspecified atom stereocenters. The first-order chi connectivity index (χ1) is 14.2. The Kier molecular flexibility index (Phi) is 8.21. The Morgan fingerprint density at radius 1 is 0.933 bits per heavy atom. The zero-order valence-electron chi connectivity index (χ0n) is 18.1. The topological polar surface area (TPSA) is 90.9 Å². The van der Waals surface area contributed by atoms with Crippen LogP contribution in [0.2, 0.25) is 0 Å². The van der Waals surface area contributed by atoms with Gasteiger partial charge in [0.25, 0.3) is 5.91 Å². The summed E-state index contributed by atoms with van der Waals surface area (Å²) in [6, 6.07) is 10.6. The van der Waals surface area contributed by atoms with Crippen LogP contribution in [0.15, 0.2) is 36.4 Å². The first kappa shape index (κ1) is 23.2. The van der Waals surface area contributed by atoms with E-state index in [0.29, 0.717) is 6.42 Å². The fourth-order valence-corrected chi connectivity index (χ4v) is 3.10. The molecule has 0 heterocycles. The van der Waals surface area contributed by atoms with Gasteiger partial charge >= 0.3 is 11.9 Å². The van der Waals surface area contributed by atoms with Crippen molar-refractivity contribution in [3.8, 4) is 5.75 Å². The molecule has 1 amide bonds. The Hall–Kier alpha value is -3.09. The molecule has 0 fully saturated rings. The smallest absolute Gasteiger partial charge is 0.328 e. The molecule has 0 radical (unpaired) electrons. The number of esters is 2. The third kappa shape index (κ3) is 6.20. The number of hydrogen-bond donors (Lipinski definition) is 1. The lowest BCUT2D eigenvalue weighted by Gasteiger charge is -2.18. The summed E-state index contributed by atoms with van der Waals surface area (Å²) >= 11 is 0. The van der Waals surface area contributed by atoms with Gasteiger partial charge in [0.05, 0.1) is 20.1 Å². The highest BCUT2D eigenvalue weighted by atomic mass is 16.5. The van der Waals surface area contributed by atoms with Crippen molar-refractivity contribution in [1.82, 2.24) is 5.32 Å². The molecular weight excluding hydrogens is 386 g/mol. The molecule has 30 heavy (non-hydrogen) atoms. The summed E-state index contributed by atoms with van der Waals surface area (Å²) in [6.07, 6.45) is 0.435. The molecule has 0 saturated heterocycles. The van der Waals surface area contributed by atoms with E-state index >= 15 is 0 Å². The molecule has 2 rings (SSSR count). The summed E-state index contributed by atoms with van der Waals surface area (Å²) in [5.41, 5.74) is 0.783. The number of hydrogen-bond acceptors (Lipinski definition) is 6. The largest absolute Gasteiger partial charge is 0.497 e. The van der Waals surface area contributed by atoms with Gasteiger partial charge < -0.3 is 19.5 Å². The quantitative estimate of drug-likeness (QED) is 0.633. The van der Waals surface area contributed by atoms with Gasteiger partial charge in [-0.2, -0.15) is 0 Å². The summed E-state index contributed by atoms with van der Waals surface area (Å²) in [7, 11) is 2.88. The van der Waals surface area contributed by atoms with Crippen molar-refractivity contribution in [2.45, 2.75) is 39.2 Å². The van der Waals surface area contributed by atoms with Crippen LogP contribution in [0.3, 0.4) is 0 Å². The Bertz CT molecular complexity index is 908. The second kappa shape index (κ2) is 10.6. The number of fused-ring (bicyclic) bond motifs is 1. The first-order valence-electron chi connectivity index (χ1n) is 9.86. The molecule has 162 valence electrons. The average molecular weight is 415 g/mol. The molecule has 2 atom stereocenters. The highest BCUT2D eigenvalue weighted by molar-refractivity contribution is 5.89. The summed E-state index contributed by atoms with van der Waals surface area (Å²) in [5.74, 6) is -1.18. The number of benzene rings is 2. The van der Waals surface area contributed by atoms with Crippen LogP contribution in [0.5, 0.6) is 5.75 Å². The van der Waals surface area contributed by atoms with Crippen molar-refractivity contribution in [3.63, 3.8) is 0 Å². The van der Waals surface area contributed by atoms with Crippen LogP contribution < -0.4 is 10.1 Å². The second-order valence-corrected chi connectivity index (χ2v) is 7.57. The summed E-state index contributed by atoms with van der Waals surface area (Å²) in [4.78, 5) is 36.4. The van der Waals surface area contributed by atoms with E-state index in [4.69, 9.17) is 14.2 Å². The number of methoxy groups -OCH3 is 2. The van der Waals surface area contributed by atoms with Gasteiger partial charge in [-0.15, -0.1) is 0 Å². The molecule has 0 aromatic heterocycles. The van der Waals surface area contributed by atoms with Gasteiger partial charge in [-0.3, -0.25) is 9.59 Å². The zero-order valence-corrected chi connectivity index (χ0v) is 18.1. The lowest BCUT2D eigenvalue weighted by molar-refractivity contribution is -0.151. The van der Waals surface area contributed by atoms with Gasteiger partial charge in [0, 0.05) is 0 Å². The van der Waals surface area contributed by atoms with E-state index in [9.17, 15) is 14.4 Å². The van der Waals surface area contributed by atoms with E-state index in [-0.39, 0.29) is 5.92 Å². The molecule has 0 aliphatic rings. The molecule has 1 N–H and O–H groups in total. The van der Waals surface area contributed by atoms with Crippen molar-refractivity contribution in [2.75, 3.05) is 20.8 Å². The van der Waals surface area contributed by atoms with Crippen molar-refractivity contribution >= 4 is 28.6 Å². The van der Waals surface area contributed by atoms with Crippen molar-refractivity contribution in [3.05, 3.63) is 42.0 Å². The summed E-state index contributed by atoms with van der Waals surface area (Å²) in [6.45, 7) is 5.13.